The lowest BCUT2D eigenvalue weighted by Gasteiger charge is -2.01. The Labute approximate surface area is 89.9 Å². The summed E-state index contributed by atoms with van der Waals surface area (Å²) in [6.07, 6.45) is 4.07. The van der Waals surface area contributed by atoms with Crippen LogP contribution in [0, 0.1) is 0 Å². The van der Waals surface area contributed by atoms with Crippen LogP contribution in [0.3, 0.4) is 0 Å². The zero-order valence-electron chi connectivity index (χ0n) is 7.47. The van der Waals surface area contributed by atoms with E-state index in [0.717, 1.165) is 25.3 Å². The average Bonchev–Trinajstić information content (AvgIpc) is 2.10. The molecule has 0 heterocycles. The molecule has 0 radical (unpaired) electrons. The van der Waals surface area contributed by atoms with E-state index in [1.165, 1.54) is 6.08 Å². The van der Waals surface area contributed by atoms with Gasteiger partial charge < -0.3 is 4.74 Å². The summed E-state index contributed by atoms with van der Waals surface area (Å²) in [5, 5.41) is 0. The van der Waals surface area contributed by atoms with Gasteiger partial charge in [-0.3, -0.25) is 0 Å². The summed E-state index contributed by atoms with van der Waals surface area (Å²) in [7, 11) is -1.43. The van der Waals surface area contributed by atoms with Crippen molar-refractivity contribution in [3.8, 4) is 0 Å². The number of carbonyl (C=O) groups excluding carboxylic acids is 1. The lowest BCUT2D eigenvalue weighted by molar-refractivity contribution is -0.137. The largest absolute Gasteiger partial charge is 0.463 e. The molecular weight excluding hydrogens is 227 g/mol. The van der Waals surface area contributed by atoms with Crippen molar-refractivity contribution in [3.05, 3.63) is 12.7 Å². The quantitative estimate of drug-likeness (QED) is 0.225. The Bertz CT molecular complexity index is 162. The number of halogens is 2. The smallest absolute Gasteiger partial charge is 0.330 e. The normalized spacial score (nSPS) is 10.1. The fraction of sp³-hybridized carbons (Fsp3) is 0.625. The van der Waals surface area contributed by atoms with Crippen LogP contribution in [0.25, 0.3) is 0 Å². The van der Waals surface area contributed by atoms with Crippen molar-refractivity contribution in [1.82, 2.24) is 0 Å². The molecule has 0 N–H and O–H groups in total. The standard InChI is InChI=1S/C8H14Cl2O2Si/c1-2-8(11)12-6-4-3-5-7-13(9)10/h2,13H,1,3-7H2. The van der Waals surface area contributed by atoms with Crippen LogP contribution in [0.2, 0.25) is 6.04 Å². The van der Waals surface area contributed by atoms with Crippen molar-refractivity contribution in [2.24, 2.45) is 0 Å². The number of unbranched alkanes of at least 4 members (excludes halogenated alkanes) is 2. The molecule has 0 atom stereocenters. The van der Waals surface area contributed by atoms with Crippen molar-refractivity contribution >= 4 is 35.5 Å². The summed E-state index contributed by atoms with van der Waals surface area (Å²) in [6, 6.07) is 0.929. The van der Waals surface area contributed by atoms with Crippen molar-refractivity contribution in [3.63, 3.8) is 0 Å². The molecule has 0 amide bonds. The van der Waals surface area contributed by atoms with Crippen LogP contribution >= 0.6 is 22.2 Å². The SMILES string of the molecule is C=CC(=O)OCCCCC[SiH](Cl)Cl. The maximum atomic E-state index is 10.6. The van der Waals surface area contributed by atoms with E-state index >= 15 is 0 Å². The second kappa shape index (κ2) is 8.60. The molecule has 13 heavy (non-hydrogen) atoms. The number of rotatable bonds is 7. The molecule has 0 aliphatic rings. The van der Waals surface area contributed by atoms with Gasteiger partial charge in [-0.1, -0.05) is 19.4 Å². The number of carbonyl (C=O) groups is 1. The van der Waals surface area contributed by atoms with Gasteiger partial charge in [0, 0.05) is 6.08 Å². The zero-order valence-corrected chi connectivity index (χ0v) is 10.1. The zero-order chi connectivity index (χ0) is 10.1. The van der Waals surface area contributed by atoms with E-state index in [2.05, 4.69) is 6.58 Å². The van der Waals surface area contributed by atoms with Crippen molar-refractivity contribution < 1.29 is 9.53 Å². The first-order chi connectivity index (χ1) is 6.16. The lowest BCUT2D eigenvalue weighted by Crippen LogP contribution is -2.01. The Kier molecular flexibility index (Phi) is 8.60. The number of hydrogen-bond donors (Lipinski definition) is 0. The lowest BCUT2D eigenvalue weighted by atomic mass is 10.3. The third-order valence-electron chi connectivity index (χ3n) is 1.48. The van der Waals surface area contributed by atoms with Gasteiger partial charge in [-0.15, -0.1) is 0 Å². The van der Waals surface area contributed by atoms with E-state index in [-0.39, 0.29) is 5.97 Å². The third kappa shape index (κ3) is 9.92. The van der Waals surface area contributed by atoms with E-state index in [1.807, 2.05) is 0 Å². The van der Waals surface area contributed by atoms with Crippen molar-refractivity contribution in [2.75, 3.05) is 6.61 Å². The van der Waals surface area contributed by atoms with Gasteiger partial charge in [0.25, 0.3) is 0 Å². The van der Waals surface area contributed by atoms with Gasteiger partial charge in [-0.2, -0.15) is 22.2 Å². The summed E-state index contributed by atoms with van der Waals surface area (Å²) < 4.78 is 4.79. The predicted molar refractivity (Wildman–Crippen MR) is 58.7 cm³/mol. The molecule has 5 heteroatoms. The minimum absolute atomic E-state index is 0.359. The van der Waals surface area contributed by atoms with E-state index in [0.29, 0.717) is 6.61 Å². The van der Waals surface area contributed by atoms with Gasteiger partial charge >= 0.3 is 5.97 Å². The van der Waals surface area contributed by atoms with Crippen molar-refractivity contribution in [1.29, 1.82) is 0 Å². The number of ether oxygens (including phenoxy) is 1. The van der Waals surface area contributed by atoms with Crippen LogP contribution in [0.1, 0.15) is 19.3 Å². The molecule has 0 saturated heterocycles. The molecule has 0 aliphatic carbocycles. The van der Waals surface area contributed by atoms with Crippen LogP contribution in [-0.2, 0) is 9.53 Å². The molecule has 0 bridgehead atoms. The summed E-state index contributed by atoms with van der Waals surface area (Å²) in [5.74, 6) is -0.359. The molecule has 2 nitrogen and oxygen atoms in total. The van der Waals surface area contributed by atoms with E-state index in [9.17, 15) is 4.79 Å². The van der Waals surface area contributed by atoms with E-state index in [1.54, 1.807) is 0 Å². The molecule has 0 aromatic rings. The van der Waals surface area contributed by atoms with Gasteiger partial charge in [0.2, 0.25) is 7.42 Å². The molecule has 0 fully saturated rings. The highest BCUT2D eigenvalue weighted by molar-refractivity contribution is 7.33. The van der Waals surface area contributed by atoms with Crippen LogP contribution in [0.4, 0.5) is 0 Å². The third-order valence-corrected chi connectivity index (χ3v) is 3.63. The first-order valence-electron chi connectivity index (χ1n) is 4.24. The van der Waals surface area contributed by atoms with Crippen molar-refractivity contribution in [2.45, 2.75) is 25.3 Å². The fourth-order valence-corrected chi connectivity index (χ4v) is 2.33. The van der Waals surface area contributed by atoms with Crippen LogP contribution < -0.4 is 0 Å². The summed E-state index contributed by atoms with van der Waals surface area (Å²) in [4.78, 5) is 10.6. The highest BCUT2D eigenvalue weighted by Crippen LogP contribution is 2.09. The van der Waals surface area contributed by atoms with Gasteiger partial charge in [0.15, 0.2) is 0 Å². The Morgan fingerprint density at radius 1 is 1.38 bits per heavy atom. The average molecular weight is 241 g/mol. The van der Waals surface area contributed by atoms with Gasteiger partial charge in [-0.05, 0) is 12.5 Å². The maximum Gasteiger partial charge on any atom is 0.330 e. The highest BCUT2D eigenvalue weighted by atomic mass is 35.7. The Morgan fingerprint density at radius 2 is 2.08 bits per heavy atom. The Hall–Kier alpha value is 0.00688. The minimum Gasteiger partial charge on any atom is -0.463 e. The highest BCUT2D eigenvalue weighted by Gasteiger charge is 2.01. The molecule has 0 aromatic carbocycles. The van der Waals surface area contributed by atoms with E-state index < -0.39 is 7.42 Å². The Balaban J connectivity index is 3.08. The summed E-state index contributed by atoms with van der Waals surface area (Å²) >= 11 is 11.3. The topological polar surface area (TPSA) is 26.3 Å². The first kappa shape index (κ1) is 13.0. The molecule has 76 valence electrons. The van der Waals surface area contributed by atoms with Gasteiger partial charge in [-0.25, -0.2) is 4.79 Å². The second-order valence-electron chi connectivity index (χ2n) is 2.61. The minimum atomic E-state index is -1.43. The fourth-order valence-electron chi connectivity index (χ4n) is 0.809. The molecule has 0 saturated carbocycles. The summed E-state index contributed by atoms with van der Waals surface area (Å²) in [5.41, 5.74) is 0. The Morgan fingerprint density at radius 3 is 2.62 bits per heavy atom. The molecule has 0 spiro atoms. The molecule has 0 aromatic heterocycles. The molecule has 0 unspecified atom stereocenters. The predicted octanol–water partition coefficient (Wildman–Crippen LogP) is 2.58. The molecule has 0 rings (SSSR count). The molecule has 0 aliphatic heterocycles. The number of hydrogen-bond acceptors (Lipinski definition) is 2. The summed E-state index contributed by atoms with van der Waals surface area (Å²) in [6.45, 7) is 3.75. The van der Waals surface area contributed by atoms with Gasteiger partial charge in [0.05, 0.1) is 6.61 Å². The van der Waals surface area contributed by atoms with Gasteiger partial charge in [0.1, 0.15) is 0 Å². The second-order valence-corrected chi connectivity index (χ2v) is 7.80. The monoisotopic (exact) mass is 240 g/mol. The number of esters is 1. The van der Waals surface area contributed by atoms with Crippen LogP contribution in [0.15, 0.2) is 12.7 Å². The maximum absolute atomic E-state index is 10.6. The van der Waals surface area contributed by atoms with E-state index in [4.69, 9.17) is 26.9 Å². The molecular formula is C8H14Cl2O2Si. The first-order valence-corrected chi connectivity index (χ1v) is 8.55. The van der Waals surface area contributed by atoms with Crippen LogP contribution in [-0.4, -0.2) is 20.0 Å². The van der Waals surface area contributed by atoms with Crippen LogP contribution in [0.5, 0.6) is 0 Å².